The van der Waals surface area contributed by atoms with Gasteiger partial charge in [0.1, 0.15) is 5.15 Å². The number of aromatic nitrogens is 2. The Morgan fingerprint density at radius 1 is 1.00 bits per heavy atom. The quantitative estimate of drug-likeness (QED) is 0.698. The average Bonchev–Trinajstić information content (AvgIpc) is 2.43. The lowest BCUT2D eigenvalue weighted by atomic mass is 9.91. The standard InChI is InChI=1S/C9H9ClN2.C5H3Cl2N/c1-9(2,6-11)8-7(10)4-3-5-12-8;6-4-2-1-3-8-5(4)7/h3-5H,1-2H3;1-3H. The van der Waals surface area contributed by atoms with Crippen molar-refractivity contribution in [1.29, 1.82) is 5.26 Å². The zero-order valence-electron chi connectivity index (χ0n) is 10.9. The van der Waals surface area contributed by atoms with Gasteiger partial charge in [0.25, 0.3) is 0 Å². The minimum absolute atomic E-state index is 0.356. The minimum Gasteiger partial charge on any atom is -0.258 e. The first-order valence-electron chi connectivity index (χ1n) is 5.66. The van der Waals surface area contributed by atoms with Gasteiger partial charge in [0.15, 0.2) is 0 Å². The van der Waals surface area contributed by atoms with Gasteiger partial charge in [-0.2, -0.15) is 5.26 Å². The Bertz CT molecular complexity index is 600. The Hall–Kier alpha value is -1.34. The molecule has 3 nitrogen and oxygen atoms in total. The molecule has 6 heteroatoms. The maximum Gasteiger partial charge on any atom is 0.147 e. The lowest BCUT2D eigenvalue weighted by Gasteiger charge is -2.14. The molecule has 20 heavy (non-hydrogen) atoms. The number of pyridine rings is 2. The zero-order valence-corrected chi connectivity index (χ0v) is 13.2. The molecule has 0 aromatic carbocycles. The summed E-state index contributed by atoms with van der Waals surface area (Å²) in [6, 6.07) is 9.06. The third kappa shape index (κ3) is 4.64. The number of hydrogen-bond acceptors (Lipinski definition) is 3. The van der Waals surface area contributed by atoms with Crippen molar-refractivity contribution in [2.24, 2.45) is 0 Å². The highest BCUT2D eigenvalue weighted by Crippen LogP contribution is 2.26. The van der Waals surface area contributed by atoms with Crippen molar-refractivity contribution in [3.05, 3.63) is 57.6 Å². The van der Waals surface area contributed by atoms with Crippen molar-refractivity contribution in [3.63, 3.8) is 0 Å². The Labute approximate surface area is 133 Å². The first-order valence-corrected chi connectivity index (χ1v) is 6.80. The molecule has 0 aliphatic heterocycles. The van der Waals surface area contributed by atoms with Gasteiger partial charge >= 0.3 is 0 Å². The Balaban J connectivity index is 0.000000217. The fraction of sp³-hybridized carbons (Fsp3) is 0.214. The van der Waals surface area contributed by atoms with Crippen LogP contribution in [0.15, 0.2) is 36.7 Å². The lowest BCUT2D eigenvalue weighted by Crippen LogP contribution is -2.16. The van der Waals surface area contributed by atoms with Gasteiger partial charge in [-0.15, -0.1) is 0 Å². The van der Waals surface area contributed by atoms with Crippen LogP contribution >= 0.6 is 34.8 Å². The van der Waals surface area contributed by atoms with E-state index in [9.17, 15) is 0 Å². The Morgan fingerprint density at radius 3 is 1.95 bits per heavy atom. The summed E-state index contributed by atoms with van der Waals surface area (Å²) >= 11 is 16.9. The van der Waals surface area contributed by atoms with Crippen LogP contribution < -0.4 is 0 Å². The lowest BCUT2D eigenvalue weighted by molar-refractivity contribution is 0.660. The summed E-state index contributed by atoms with van der Waals surface area (Å²) in [5.41, 5.74) is 0.0207. The van der Waals surface area contributed by atoms with Gasteiger partial charge in [0.05, 0.1) is 27.2 Å². The van der Waals surface area contributed by atoms with Gasteiger partial charge in [-0.3, -0.25) is 4.98 Å². The summed E-state index contributed by atoms with van der Waals surface area (Å²) in [6.45, 7) is 3.59. The number of rotatable bonds is 1. The van der Waals surface area contributed by atoms with E-state index < -0.39 is 5.41 Å². The van der Waals surface area contributed by atoms with Crippen LogP contribution in [0.5, 0.6) is 0 Å². The largest absolute Gasteiger partial charge is 0.258 e. The molecule has 0 saturated heterocycles. The topological polar surface area (TPSA) is 49.6 Å². The van der Waals surface area contributed by atoms with Crippen LogP contribution in [-0.4, -0.2) is 9.97 Å². The number of nitriles is 1. The van der Waals surface area contributed by atoms with Crippen molar-refractivity contribution in [2.75, 3.05) is 0 Å². The van der Waals surface area contributed by atoms with E-state index >= 15 is 0 Å². The fourth-order valence-corrected chi connectivity index (χ4v) is 1.86. The molecule has 2 aromatic heterocycles. The molecule has 0 fully saturated rings. The van der Waals surface area contributed by atoms with Crippen LogP contribution in [0.25, 0.3) is 0 Å². The van der Waals surface area contributed by atoms with Crippen molar-refractivity contribution >= 4 is 34.8 Å². The van der Waals surface area contributed by atoms with Crippen LogP contribution in [-0.2, 0) is 5.41 Å². The smallest absolute Gasteiger partial charge is 0.147 e. The number of nitrogens with zero attached hydrogens (tertiary/aromatic N) is 3. The summed E-state index contributed by atoms with van der Waals surface area (Å²) in [5, 5.41) is 10.2. The third-order valence-corrected chi connectivity index (χ3v) is 3.35. The Kier molecular flexibility index (Phi) is 6.22. The first-order chi connectivity index (χ1) is 9.38. The summed E-state index contributed by atoms with van der Waals surface area (Å²) in [4.78, 5) is 7.78. The zero-order chi connectivity index (χ0) is 15.2. The van der Waals surface area contributed by atoms with Crippen LogP contribution in [0.3, 0.4) is 0 Å². The van der Waals surface area contributed by atoms with E-state index in [-0.39, 0.29) is 0 Å². The number of hydrogen-bond donors (Lipinski definition) is 0. The SMILES string of the molecule is CC(C)(C#N)c1ncccc1Cl.Clc1cccnc1Cl. The molecule has 104 valence electrons. The molecule has 0 bridgehead atoms. The van der Waals surface area contributed by atoms with Crippen LogP contribution in [0.4, 0.5) is 0 Å². The van der Waals surface area contributed by atoms with E-state index in [0.717, 1.165) is 0 Å². The molecule has 0 aliphatic rings. The van der Waals surface area contributed by atoms with Crippen LogP contribution in [0.2, 0.25) is 15.2 Å². The van der Waals surface area contributed by atoms with Gasteiger partial charge < -0.3 is 0 Å². The summed E-state index contributed by atoms with van der Waals surface area (Å²) in [5.74, 6) is 0. The Morgan fingerprint density at radius 2 is 1.55 bits per heavy atom. The fourth-order valence-electron chi connectivity index (χ4n) is 1.26. The maximum atomic E-state index is 8.82. The predicted octanol–water partition coefficient (Wildman–Crippen LogP) is 4.92. The average molecular weight is 329 g/mol. The van der Waals surface area contributed by atoms with Gasteiger partial charge in [-0.1, -0.05) is 34.8 Å². The molecular formula is C14H12Cl3N3. The highest BCUT2D eigenvalue weighted by molar-refractivity contribution is 6.41. The van der Waals surface area contributed by atoms with E-state index in [1.165, 1.54) is 0 Å². The minimum atomic E-state index is -0.613. The number of halogens is 3. The third-order valence-electron chi connectivity index (χ3n) is 2.34. The van der Waals surface area contributed by atoms with Gasteiger partial charge in [-0.05, 0) is 38.1 Å². The molecule has 0 aliphatic carbocycles. The van der Waals surface area contributed by atoms with Crippen LogP contribution in [0.1, 0.15) is 19.5 Å². The van der Waals surface area contributed by atoms with Crippen LogP contribution in [0, 0.1) is 11.3 Å². The van der Waals surface area contributed by atoms with Crippen molar-refractivity contribution in [3.8, 4) is 6.07 Å². The molecule has 0 radical (unpaired) electrons. The van der Waals surface area contributed by atoms with E-state index in [1.54, 1.807) is 50.5 Å². The molecule has 0 N–H and O–H groups in total. The van der Waals surface area contributed by atoms with Gasteiger partial charge in [0.2, 0.25) is 0 Å². The summed E-state index contributed by atoms with van der Waals surface area (Å²) in [6.07, 6.45) is 3.23. The monoisotopic (exact) mass is 327 g/mol. The van der Waals surface area contributed by atoms with Crippen molar-refractivity contribution in [1.82, 2.24) is 9.97 Å². The van der Waals surface area contributed by atoms with Crippen molar-refractivity contribution in [2.45, 2.75) is 19.3 Å². The molecule has 0 saturated carbocycles. The molecular weight excluding hydrogens is 317 g/mol. The molecule has 2 aromatic rings. The molecule has 0 amide bonds. The highest BCUT2D eigenvalue weighted by Gasteiger charge is 2.23. The second-order valence-electron chi connectivity index (χ2n) is 4.35. The first kappa shape index (κ1) is 16.7. The second-order valence-corrected chi connectivity index (χ2v) is 5.52. The highest BCUT2D eigenvalue weighted by atomic mass is 35.5. The van der Waals surface area contributed by atoms with E-state index in [4.69, 9.17) is 40.1 Å². The van der Waals surface area contributed by atoms with Gasteiger partial charge in [-0.25, -0.2) is 4.98 Å². The summed E-state index contributed by atoms with van der Waals surface area (Å²) in [7, 11) is 0. The van der Waals surface area contributed by atoms with Crippen molar-refractivity contribution < 1.29 is 0 Å². The predicted molar refractivity (Wildman–Crippen MR) is 82.1 cm³/mol. The van der Waals surface area contributed by atoms with E-state index in [2.05, 4.69) is 16.0 Å². The molecule has 2 rings (SSSR count). The maximum absolute atomic E-state index is 8.82. The second kappa shape index (κ2) is 7.44. The molecule has 0 unspecified atom stereocenters. The molecule has 2 heterocycles. The normalized spacial score (nSPS) is 10.2. The van der Waals surface area contributed by atoms with E-state index in [0.29, 0.717) is 20.9 Å². The molecule has 0 spiro atoms. The van der Waals surface area contributed by atoms with Gasteiger partial charge in [0, 0.05) is 12.4 Å². The summed E-state index contributed by atoms with van der Waals surface area (Å²) < 4.78 is 0. The molecule has 0 atom stereocenters. The van der Waals surface area contributed by atoms with E-state index in [1.807, 2.05) is 0 Å².